The first-order valence-corrected chi connectivity index (χ1v) is 10.0. The maximum absolute atomic E-state index is 13.1. The maximum Gasteiger partial charge on any atom is 0.442 e. The molecule has 0 radical (unpaired) electrons. The van der Waals surface area contributed by atoms with Crippen LogP contribution < -0.4 is 0 Å². The summed E-state index contributed by atoms with van der Waals surface area (Å²) in [5.74, 6) is -0.0414. The molecule has 26 heavy (non-hydrogen) atoms. The van der Waals surface area contributed by atoms with Gasteiger partial charge in [-0.2, -0.15) is 13.2 Å². The highest BCUT2D eigenvalue weighted by Gasteiger charge is 2.37. The number of rotatable bonds is 3. The molecule has 0 aromatic heterocycles. The van der Waals surface area contributed by atoms with E-state index in [-0.39, 0.29) is 12.2 Å². The third kappa shape index (κ3) is 5.22. The highest BCUT2D eigenvalue weighted by atomic mass is 19.4. The highest BCUT2D eigenvalue weighted by Crippen LogP contribution is 2.43. The van der Waals surface area contributed by atoms with Crippen LogP contribution >= 0.6 is 0 Å². The molecule has 150 valence electrons. The molecule has 3 fully saturated rings. The summed E-state index contributed by atoms with van der Waals surface area (Å²) in [4.78, 5) is 0. The molecule has 1 aliphatic heterocycles. The van der Waals surface area contributed by atoms with Gasteiger partial charge < -0.3 is 9.47 Å². The summed E-state index contributed by atoms with van der Waals surface area (Å²) in [6, 6.07) is 0. The van der Waals surface area contributed by atoms with Gasteiger partial charge in [-0.15, -0.1) is 0 Å². The van der Waals surface area contributed by atoms with Gasteiger partial charge in [0.2, 0.25) is 0 Å². The van der Waals surface area contributed by atoms with Crippen molar-refractivity contribution in [2.45, 2.75) is 70.8 Å². The summed E-state index contributed by atoms with van der Waals surface area (Å²) in [7, 11) is 0. The zero-order valence-electron chi connectivity index (χ0n) is 15.4. The summed E-state index contributed by atoms with van der Waals surface area (Å²) in [6.45, 7) is 3.67. The molecule has 2 aliphatic carbocycles. The second-order valence-electron chi connectivity index (χ2n) is 8.50. The first-order chi connectivity index (χ1) is 12.3. The van der Waals surface area contributed by atoms with E-state index in [1.54, 1.807) is 0 Å². The van der Waals surface area contributed by atoms with Crippen molar-refractivity contribution in [3.05, 3.63) is 11.9 Å². The van der Waals surface area contributed by atoms with E-state index in [4.69, 9.17) is 9.47 Å². The van der Waals surface area contributed by atoms with Crippen LogP contribution in [0.15, 0.2) is 11.9 Å². The molecule has 0 unspecified atom stereocenters. The third-order valence-corrected chi connectivity index (χ3v) is 6.43. The molecule has 3 aliphatic rings. The topological polar surface area (TPSA) is 18.5 Å². The van der Waals surface area contributed by atoms with Crippen molar-refractivity contribution in [1.82, 2.24) is 0 Å². The van der Waals surface area contributed by atoms with Gasteiger partial charge in [-0.25, -0.2) is 4.39 Å². The Morgan fingerprint density at radius 2 is 1.27 bits per heavy atom. The van der Waals surface area contributed by atoms with Crippen LogP contribution in [0, 0.1) is 29.6 Å². The molecule has 3 rings (SSSR count). The molecule has 0 aromatic carbocycles. The van der Waals surface area contributed by atoms with Crippen molar-refractivity contribution >= 4 is 0 Å². The molecule has 0 amide bonds. The minimum atomic E-state index is -4.84. The molecule has 2 saturated carbocycles. The first kappa shape index (κ1) is 20.1. The lowest BCUT2D eigenvalue weighted by atomic mass is 9.69. The van der Waals surface area contributed by atoms with Crippen LogP contribution in [0.4, 0.5) is 17.6 Å². The average Bonchev–Trinajstić information content (AvgIpc) is 2.62. The Morgan fingerprint density at radius 1 is 0.808 bits per heavy atom. The Labute approximate surface area is 153 Å². The standard InChI is InChI=1S/C20H30F4O2/c1-13-11-25-19(26-12-13)17-8-6-16(7-9-17)15-4-2-14(3-5-15)10-18(21)20(22,23)24/h10,13-17,19H,2-9,11-12H2,1H3. The number of hydrogen-bond donors (Lipinski definition) is 0. The summed E-state index contributed by atoms with van der Waals surface area (Å²) < 4.78 is 61.7. The van der Waals surface area contributed by atoms with Gasteiger partial charge in [-0.3, -0.25) is 0 Å². The van der Waals surface area contributed by atoms with E-state index in [0.717, 1.165) is 57.8 Å². The molecular formula is C20H30F4O2. The second-order valence-corrected chi connectivity index (χ2v) is 8.50. The van der Waals surface area contributed by atoms with E-state index in [1.165, 1.54) is 0 Å². The molecule has 0 aromatic rings. The lowest BCUT2D eigenvalue weighted by molar-refractivity contribution is -0.227. The van der Waals surface area contributed by atoms with Crippen LogP contribution in [0.25, 0.3) is 0 Å². The van der Waals surface area contributed by atoms with E-state index in [1.807, 2.05) is 0 Å². The minimum Gasteiger partial charge on any atom is -0.352 e. The van der Waals surface area contributed by atoms with Gasteiger partial charge in [-0.05, 0) is 75.2 Å². The quantitative estimate of drug-likeness (QED) is 0.559. The van der Waals surface area contributed by atoms with Crippen molar-refractivity contribution in [3.8, 4) is 0 Å². The van der Waals surface area contributed by atoms with Gasteiger partial charge in [-0.1, -0.05) is 6.92 Å². The summed E-state index contributed by atoms with van der Waals surface area (Å²) in [6.07, 6.45) is 3.56. The zero-order valence-corrected chi connectivity index (χ0v) is 15.4. The van der Waals surface area contributed by atoms with Crippen molar-refractivity contribution < 1.29 is 27.0 Å². The van der Waals surface area contributed by atoms with Gasteiger partial charge in [0.1, 0.15) is 0 Å². The van der Waals surface area contributed by atoms with E-state index >= 15 is 0 Å². The van der Waals surface area contributed by atoms with Crippen LogP contribution in [0.2, 0.25) is 0 Å². The summed E-state index contributed by atoms with van der Waals surface area (Å²) in [5.41, 5.74) is 0. The predicted molar refractivity (Wildman–Crippen MR) is 91.0 cm³/mol. The molecule has 1 saturated heterocycles. The zero-order chi connectivity index (χ0) is 18.7. The summed E-state index contributed by atoms with van der Waals surface area (Å²) >= 11 is 0. The molecule has 1 heterocycles. The second kappa shape index (κ2) is 8.59. The Bertz CT molecular complexity index is 467. The van der Waals surface area contributed by atoms with Crippen molar-refractivity contribution in [3.63, 3.8) is 0 Å². The highest BCUT2D eigenvalue weighted by molar-refractivity contribution is 5.03. The maximum atomic E-state index is 13.1. The normalized spacial score (nSPS) is 40.4. The molecule has 6 heteroatoms. The third-order valence-electron chi connectivity index (χ3n) is 6.43. The van der Waals surface area contributed by atoms with Gasteiger partial charge in [0.15, 0.2) is 12.1 Å². The number of allylic oxidation sites excluding steroid dienone is 2. The lowest BCUT2D eigenvalue weighted by Crippen LogP contribution is -2.38. The Morgan fingerprint density at radius 3 is 1.77 bits per heavy atom. The SMILES string of the molecule is CC1COC(C2CCC(C3CCC(C=C(F)C(F)(F)F)CC3)CC2)OC1. The average molecular weight is 378 g/mol. The Hall–Kier alpha value is -0.620. The van der Waals surface area contributed by atoms with Crippen LogP contribution in [-0.4, -0.2) is 25.7 Å². The molecule has 2 nitrogen and oxygen atoms in total. The summed E-state index contributed by atoms with van der Waals surface area (Å²) in [5, 5.41) is 0. The van der Waals surface area contributed by atoms with Gasteiger partial charge >= 0.3 is 6.18 Å². The monoisotopic (exact) mass is 378 g/mol. The fraction of sp³-hybridized carbons (Fsp3) is 0.900. The predicted octanol–water partition coefficient (Wildman–Crippen LogP) is 6.02. The van der Waals surface area contributed by atoms with E-state index in [2.05, 4.69) is 6.92 Å². The van der Waals surface area contributed by atoms with Gasteiger partial charge in [0.05, 0.1) is 13.2 Å². The largest absolute Gasteiger partial charge is 0.442 e. The molecule has 0 bridgehead atoms. The molecule has 0 spiro atoms. The fourth-order valence-electron chi connectivity index (χ4n) is 4.86. The lowest BCUT2D eigenvalue weighted by Gasteiger charge is -2.40. The first-order valence-electron chi connectivity index (χ1n) is 10.0. The Balaban J connectivity index is 1.41. The Kier molecular flexibility index (Phi) is 6.65. The number of alkyl halides is 3. The van der Waals surface area contributed by atoms with E-state index < -0.39 is 12.0 Å². The molecule has 0 atom stereocenters. The van der Waals surface area contributed by atoms with Crippen LogP contribution in [-0.2, 0) is 9.47 Å². The van der Waals surface area contributed by atoms with Gasteiger partial charge in [0.25, 0.3) is 0 Å². The molecular weight excluding hydrogens is 348 g/mol. The number of ether oxygens (including phenoxy) is 2. The number of hydrogen-bond acceptors (Lipinski definition) is 2. The van der Waals surface area contributed by atoms with Crippen molar-refractivity contribution in [2.75, 3.05) is 13.2 Å². The van der Waals surface area contributed by atoms with Crippen molar-refractivity contribution in [1.29, 1.82) is 0 Å². The fourth-order valence-corrected chi connectivity index (χ4v) is 4.86. The van der Waals surface area contributed by atoms with Gasteiger partial charge in [0, 0.05) is 11.8 Å². The minimum absolute atomic E-state index is 0.0571. The van der Waals surface area contributed by atoms with E-state index in [9.17, 15) is 17.6 Å². The van der Waals surface area contributed by atoms with Crippen molar-refractivity contribution in [2.24, 2.45) is 29.6 Å². The van der Waals surface area contributed by atoms with Crippen LogP contribution in [0.3, 0.4) is 0 Å². The number of halogens is 4. The van der Waals surface area contributed by atoms with Crippen LogP contribution in [0.5, 0.6) is 0 Å². The smallest absolute Gasteiger partial charge is 0.352 e. The van der Waals surface area contributed by atoms with E-state index in [0.29, 0.717) is 36.5 Å². The molecule has 0 N–H and O–H groups in total. The van der Waals surface area contributed by atoms with Crippen LogP contribution in [0.1, 0.15) is 58.3 Å².